The van der Waals surface area contributed by atoms with Crippen LogP contribution in [-0.4, -0.2) is 73.3 Å². The fraction of sp³-hybridized carbons (Fsp3) is 0.519. The highest BCUT2D eigenvalue weighted by atomic mass is 35.5. The molecule has 40 heavy (non-hydrogen) atoms. The van der Waals surface area contributed by atoms with Crippen LogP contribution in [0.15, 0.2) is 30.7 Å². The van der Waals surface area contributed by atoms with Crippen LogP contribution in [0.25, 0.3) is 22.4 Å². The molecule has 0 saturated carbocycles. The predicted octanol–water partition coefficient (Wildman–Crippen LogP) is 3.97. The summed E-state index contributed by atoms with van der Waals surface area (Å²) in [6.45, 7) is 7.71. The van der Waals surface area contributed by atoms with E-state index in [1.165, 1.54) is 0 Å². The molecule has 3 atom stereocenters. The Balaban J connectivity index is 0.00000161. The molecule has 1 spiro atoms. The average molecular weight is 588 g/mol. The summed E-state index contributed by atoms with van der Waals surface area (Å²) in [5.41, 5.74) is 12.2. The van der Waals surface area contributed by atoms with Gasteiger partial charge in [0.25, 0.3) is 0 Å². The number of aryl methyl sites for hydroxylation is 1. The summed E-state index contributed by atoms with van der Waals surface area (Å²) in [6, 6.07) is 4.30. The Hall–Kier alpha value is -2.99. The number of H-pyrrole nitrogens is 1. The molecule has 2 fully saturated rings. The van der Waals surface area contributed by atoms with Gasteiger partial charge in [0.1, 0.15) is 5.82 Å². The van der Waals surface area contributed by atoms with E-state index < -0.39 is 0 Å². The normalized spacial score (nSPS) is 23.6. The fourth-order valence-electron chi connectivity index (χ4n) is 6.35. The molecular weight excluding hydrogens is 551 g/mol. The second-order valence-electron chi connectivity index (χ2n) is 11.2. The molecule has 0 unspecified atom stereocenters. The maximum Gasteiger partial charge on any atom is 0.183 e. The van der Waals surface area contributed by atoms with Gasteiger partial charge in [0.2, 0.25) is 0 Å². The van der Waals surface area contributed by atoms with Crippen molar-refractivity contribution in [1.82, 2.24) is 34.9 Å². The molecule has 4 aromatic rings. The quantitative estimate of drug-likeness (QED) is 0.366. The molecule has 4 aromatic heterocycles. The Labute approximate surface area is 245 Å². The zero-order valence-corrected chi connectivity index (χ0v) is 24.6. The smallest absolute Gasteiger partial charge is 0.183 e. The highest BCUT2D eigenvalue weighted by molar-refractivity contribution is 5.88. The molecular formula is C27H36Cl2N10O. The van der Waals surface area contributed by atoms with Gasteiger partial charge in [-0.3, -0.25) is 14.8 Å². The second kappa shape index (κ2) is 10.8. The van der Waals surface area contributed by atoms with Gasteiger partial charge in [0.15, 0.2) is 17.0 Å². The van der Waals surface area contributed by atoms with Gasteiger partial charge in [-0.1, -0.05) is 6.92 Å². The summed E-state index contributed by atoms with van der Waals surface area (Å²) in [5, 5.41) is 12.1. The summed E-state index contributed by atoms with van der Waals surface area (Å²) in [7, 11) is 1.92. The summed E-state index contributed by atoms with van der Waals surface area (Å²) >= 11 is 0. The van der Waals surface area contributed by atoms with Crippen molar-refractivity contribution < 1.29 is 4.74 Å². The van der Waals surface area contributed by atoms with Crippen molar-refractivity contribution >= 4 is 53.3 Å². The average Bonchev–Trinajstić information content (AvgIpc) is 3.64. The molecule has 3 N–H and O–H groups in total. The van der Waals surface area contributed by atoms with Crippen molar-refractivity contribution in [3.63, 3.8) is 0 Å². The number of rotatable bonds is 3. The number of hydrogen-bond acceptors (Lipinski definition) is 9. The van der Waals surface area contributed by atoms with Crippen LogP contribution in [0.2, 0.25) is 0 Å². The Morgan fingerprint density at radius 1 is 1.07 bits per heavy atom. The van der Waals surface area contributed by atoms with Crippen LogP contribution in [0.5, 0.6) is 0 Å². The molecule has 7 heterocycles. The van der Waals surface area contributed by atoms with E-state index in [0.717, 1.165) is 85.3 Å². The number of aromatic nitrogens is 7. The first-order valence-electron chi connectivity index (χ1n) is 13.5. The monoisotopic (exact) mass is 586 g/mol. The van der Waals surface area contributed by atoms with E-state index in [0.29, 0.717) is 11.6 Å². The van der Waals surface area contributed by atoms with Crippen LogP contribution in [0.4, 0.5) is 17.3 Å². The highest BCUT2D eigenvalue weighted by Crippen LogP contribution is 2.43. The number of piperidine rings is 1. The van der Waals surface area contributed by atoms with E-state index in [1.54, 1.807) is 4.68 Å². The number of nitrogens with two attached hydrogens (primary N) is 1. The highest BCUT2D eigenvalue weighted by Gasteiger charge is 2.47. The minimum absolute atomic E-state index is 0. The summed E-state index contributed by atoms with van der Waals surface area (Å²) < 4.78 is 7.68. The van der Waals surface area contributed by atoms with E-state index in [9.17, 15) is 0 Å². The van der Waals surface area contributed by atoms with E-state index in [-0.39, 0.29) is 42.4 Å². The van der Waals surface area contributed by atoms with Crippen molar-refractivity contribution in [2.75, 3.05) is 36.0 Å². The van der Waals surface area contributed by atoms with Gasteiger partial charge in [-0.05, 0) is 38.3 Å². The fourth-order valence-corrected chi connectivity index (χ4v) is 6.35. The summed E-state index contributed by atoms with van der Waals surface area (Å²) in [4.78, 5) is 19.3. The van der Waals surface area contributed by atoms with Gasteiger partial charge < -0.3 is 20.3 Å². The molecule has 214 valence electrons. The first-order chi connectivity index (χ1) is 18.4. The SMILES string of the molecule is C[C@@H]1CCN(c2n[nH]c3nc(N4CCC5(CC4)CO[C@@H](C)[C@H]5N)cnc23)c2ccc(-c3cnn(C)c3)nc21.Cl.Cl. The van der Waals surface area contributed by atoms with Crippen molar-refractivity contribution in [2.24, 2.45) is 18.2 Å². The lowest BCUT2D eigenvalue weighted by Gasteiger charge is -2.41. The number of anilines is 3. The minimum Gasteiger partial charge on any atom is -0.376 e. The van der Waals surface area contributed by atoms with Gasteiger partial charge in [-0.25, -0.2) is 9.97 Å². The Kier molecular flexibility index (Phi) is 7.68. The van der Waals surface area contributed by atoms with Gasteiger partial charge >= 0.3 is 0 Å². The van der Waals surface area contributed by atoms with Gasteiger partial charge in [-0.15, -0.1) is 24.8 Å². The Bertz CT molecular complexity index is 1500. The minimum atomic E-state index is 0. The number of aromatic amines is 1. The summed E-state index contributed by atoms with van der Waals surface area (Å²) in [5.74, 6) is 2.02. The van der Waals surface area contributed by atoms with Crippen LogP contribution in [0.3, 0.4) is 0 Å². The van der Waals surface area contributed by atoms with Crippen molar-refractivity contribution in [3.8, 4) is 11.3 Å². The lowest BCUT2D eigenvalue weighted by atomic mass is 9.73. The third kappa shape index (κ3) is 4.58. The zero-order valence-electron chi connectivity index (χ0n) is 22.9. The number of halogens is 2. The van der Waals surface area contributed by atoms with Crippen LogP contribution in [-0.2, 0) is 11.8 Å². The molecule has 0 bridgehead atoms. The van der Waals surface area contributed by atoms with Crippen LogP contribution in [0, 0.1) is 5.41 Å². The van der Waals surface area contributed by atoms with Crippen molar-refractivity contribution in [1.29, 1.82) is 0 Å². The first-order valence-corrected chi connectivity index (χ1v) is 13.5. The first kappa shape index (κ1) is 28.5. The Morgan fingerprint density at radius 3 is 2.58 bits per heavy atom. The molecule has 0 aliphatic carbocycles. The molecule has 11 nitrogen and oxygen atoms in total. The molecule has 2 saturated heterocycles. The molecule has 3 aliphatic rings. The number of ether oxygens (including phenoxy) is 1. The lowest BCUT2D eigenvalue weighted by Crippen LogP contribution is -2.50. The van der Waals surface area contributed by atoms with Crippen LogP contribution in [0.1, 0.15) is 44.7 Å². The van der Waals surface area contributed by atoms with Gasteiger partial charge in [0, 0.05) is 55.8 Å². The largest absolute Gasteiger partial charge is 0.376 e. The number of pyridine rings is 1. The maximum absolute atomic E-state index is 6.50. The predicted molar refractivity (Wildman–Crippen MR) is 160 cm³/mol. The number of nitrogens with one attached hydrogen (secondary N) is 1. The van der Waals surface area contributed by atoms with Crippen LogP contribution < -0.4 is 15.5 Å². The van der Waals surface area contributed by atoms with Crippen molar-refractivity contribution in [3.05, 3.63) is 36.4 Å². The lowest BCUT2D eigenvalue weighted by molar-refractivity contribution is 0.0974. The Morgan fingerprint density at radius 2 is 1.88 bits per heavy atom. The molecule has 3 aliphatic heterocycles. The molecule has 7 rings (SSSR count). The second-order valence-corrected chi connectivity index (χ2v) is 11.2. The number of fused-ring (bicyclic) bond motifs is 2. The van der Waals surface area contributed by atoms with Crippen molar-refractivity contribution in [2.45, 2.75) is 51.2 Å². The molecule has 0 amide bonds. The van der Waals surface area contributed by atoms with Gasteiger partial charge in [0.05, 0.1) is 42.2 Å². The van der Waals surface area contributed by atoms with E-state index in [4.69, 9.17) is 25.4 Å². The third-order valence-corrected chi connectivity index (χ3v) is 8.87. The standard InChI is InChI=1S/C27H34N10O.2ClH/c1-16-6-9-37(20-5-4-19(31-22(16)20)18-12-30-35(3)14-18)26-23-25(33-34-26)32-21(13-29-23)36-10-7-27(8-11-36)15-38-17(2)24(27)28;;/h4-5,12-14,16-17,24H,6-11,15,28H2,1-3H3,(H,32,33,34);2*1H/t16-,17+,24-;;/m1../s1. The van der Waals surface area contributed by atoms with E-state index in [2.05, 4.69) is 51.1 Å². The number of hydrogen-bond donors (Lipinski definition) is 2. The number of nitrogens with zero attached hydrogens (tertiary/aromatic N) is 8. The molecule has 13 heteroatoms. The third-order valence-electron chi connectivity index (χ3n) is 8.87. The molecule has 0 radical (unpaired) electrons. The van der Waals surface area contributed by atoms with Gasteiger partial charge in [-0.2, -0.15) is 10.2 Å². The van der Waals surface area contributed by atoms with Crippen LogP contribution >= 0.6 is 24.8 Å². The summed E-state index contributed by atoms with van der Waals surface area (Å²) in [6.07, 6.45) is 8.84. The zero-order chi connectivity index (χ0) is 26.0. The van der Waals surface area contributed by atoms with E-state index >= 15 is 0 Å². The molecule has 0 aromatic carbocycles. The topological polar surface area (TPSA) is 127 Å². The maximum atomic E-state index is 6.50. The van der Waals surface area contributed by atoms with E-state index in [1.807, 2.05) is 25.6 Å².